The van der Waals surface area contributed by atoms with Gasteiger partial charge >= 0.3 is 0 Å². The molecule has 13 nitrogen and oxygen atoms in total. The van der Waals surface area contributed by atoms with Gasteiger partial charge < -0.3 is 40.3 Å². The van der Waals surface area contributed by atoms with Gasteiger partial charge in [0, 0.05) is 54.6 Å². The molecule has 2 aromatic carbocycles. The van der Waals surface area contributed by atoms with Crippen LogP contribution in [0.3, 0.4) is 0 Å². The van der Waals surface area contributed by atoms with Crippen molar-refractivity contribution >= 4 is 27.5 Å². The van der Waals surface area contributed by atoms with E-state index in [4.69, 9.17) is 26.2 Å². The molecular weight excluding hydrogens is 702 g/mol. The molecule has 0 radical (unpaired) electrons. The van der Waals surface area contributed by atoms with Crippen molar-refractivity contribution < 1.29 is 48.2 Å². The number of aliphatic hydroxyl groups is 5. The van der Waals surface area contributed by atoms with Crippen LogP contribution in [-0.4, -0.2) is 106 Å². The van der Waals surface area contributed by atoms with Crippen LogP contribution in [0.4, 0.5) is 0 Å². The quantitative estimate of drug-likeness (QED) is 0.112. The maximum absolute atomic E-state index is 13.5. The number of amides is 1. The number of halogens is 1. The maximum Gasteiger partial charge on any atom is 0.243 e. The number of carbonyl (C=O) groups excluding carboxylic acids is 1. The number of carbonyl (C=O) groups is 1. The molecule has 4 atom stereocenters. The number of pyridine rings is 1. The molecule has 51 heavy (non-hydrogen) atoms. The van der Waals surface area contributed by atoms with E-state index in [0.717, 1.165) is 48.1 Å². The minimum absolute atomic E-state index is 0.0547. The van der Waals surface area contributed by atoms with E-state index in [9.17, 15) is 33.6 Å². The average molecular weight is 746 g/mol. The zero-order valence-corrected chi connectivity index (χ0v) is 29.5. The molecule has 2 saturated carbocycles. The zero-order chi connectivity index (χ0) is 36.3. The van der Waals surface area contributed by atoms with Crippen molar-refractivity contribution in [2.45, 2.75) is 86.1 Å². The third kappa shape index (κ3) is 8.73. The van der Waals surface area contributed by atoms with Gasteiger partial charge in [0.2, 0.25) is 15.9 Å². The first-order chi connectivity index (χ1) is 24.4. The van der Waals surface area contributed by atoms with Crippen LogP contribution in [0.25, 0.3) is 11.1 Å². The summed E-state index contributed by atoms with van der Waals surface area (Å²) in [6.45, 7) is -0.622. The SMILES string of the molecule is O=C(CCC1CN(S(=O)(=O)c2ccc(Cl)c(COC3(c4cnccc4-c4ccccc4OC4CC4)CC3)c2)C1)NCC(O)C(O)C(O)C(O)CO. The zero-order valence-electron chi connectivity index (χ0n) is 28.0. The minimum Gasteiger partial charge on any atom is -0.490 e. The lowest BCUT2D eigenvalue weighted by Gasteiger charge is -2.38. The predicted molar refractivity (Wildman–Crippen MR) is 186 cm³/mol. The third-order valence-electron chi connectivity index (χ3n) is 9.71. The average Bonchev–Trinajstić information content (AvgIpc) is 4.06. The van der Waals surface area contributed by atoms with Crippen molar-refractivity contribution in [3.63, 3.8) is 0 Å². The number of sulfonamides is 1. The number of nitrogens with zero attached hydrogens (tertiary/aromatic N) is 2. The van der Waals surface area contributed by atoms with Crippen LogP contribution in [0, 0.1) is 5.92 Å². The molecule has 1 amide bonds. The molecular formula is C36H44ClN3O10S. The Morgan fingerprint density at radius 3 is 2.45 bits per heavy atom. The minimum atomic E-state index is -3.83. The van der Waals surface area contributed by atoms with E-state index in [-0.39, 0.29) is 49.6 Å². The Labute approximate surface area is 301 Å². The van der Waals surface area contributed by atoms with Crippen LogP contribution >= 0.6 is 11.6 Å². The van der Waals surface area contributed by atoms with Crippen molar-refractivity contribution in [1.29, 1.82) is 0 Å². The Hall–Kier alpha value is -3.18. The molecule has 1 aromatic heterocycles. The topological polar surface area (TPSA) is 199 Å². The second-order valence-corrected chi connectivity index (χ2v) is 15.9. The highest BCUT2D eigenvalue weighted by Gasteiger charge is 2.48. The van der Waals surface area contributed by atoms with Crippen LogP contribution in [-0.2, 0) is 31.8 Å². The normalized spacial score (nSPS) is 19.8. The second-order valence-electron chi connectivity index (χ2n) is 13.6. The number of aliphatic hydroxyl groups excluding tert-OH is 5. The molecule has 276 valence electrons. The highest BCUT2D eigenvalue weighted by molar-refractivity contribution is 7.89. The number of aromatic nitrogens is 1. The molecule has 1 aliphatic heterocycles. The lowest BCUT2D eigenvalue weighted by Crippen LogP contribution is -2.50. The first-order valence-electron chi connectivity index (χ1n) is 17.1. The van der Waals surface area contributed by atoms with E-state index < -0.39 is 52.6 Å². The van der Waals surface area contributed by atoms with Crippen molar-refractivity contribution in [1.82, 2.24) is 14.6 Å². The van der Waals surface area contributed by atoms with Crippen molar-refractivity contribution in [2.75, 3.05) is 26.2 Å². The smallest absolute Gasteiger partial charge is 0.243 e. The van der Waals surface area contributed by atoms with Gasteiger partial charge in [0.05, 0.1) is 35.9 Å². The van der Waals surface area contributed by atoms with Crippen LogP contribution in [0.5, 0.6) is 5.75 Å². The predicted octanol–water partition coefficient (Wildman–Crippen LogP) is 2.10. The summed E-state index contributed by atoms with van der Waals surface area (Å²) >= 11 is 6.55. The molecule has 3 fully saturated rings. The van der Waals surface area contributed by atoms with E-state index in [1.54, 1.807) is 18.3 Å². The van der Waals surface area contributed by atoms with E-state index in [2.05, 4.69) is 10.3 Å². The van der Waals surface area contributed by atoms with Gasteiger partial charge in [-0.1, -0.05) is 29.8 Å². The fourth-order valence-corrected chi connectivity index (χ4v) is 7.98. The molecule has 3 aliphatic rings. The second kappa shape index (κ2) is 15.8. The summed E-state index contributed by atoms with van der Waals surface area (Å²) in [4.78, 5) is 16.8. The largest absolute Gasteiger partial charge is 0.490 e. The molecule has 3 aromatic rings. The molecule has 0 bridgehead atoms. The van der Waals surface area contributed by atoms with E-state index in [1.165, 1.54) is 10.4 Å². The monoisotopic (exact) mass is 745 g/mol. The summed E-state index contributed by atoms with van der Waals surface area (Å²) in [5, 5.41) is 50.7. The van der Waals surface area contributed by atoms with Crippen LogP contribution in [0.2, 0.25) is 5.02 Å². The Kier molecular flexibility index (Phi) is 11.7. The molecule has 6 N–H and O–H groups in total. The Balaban J connectivity index is 1.03. The standard InChI is InChI=1S/C36H44ClN3O10S/c37-29-9-8-25(51(47,48)40-18-22(19-40)5-10-33(44)39-17-30(42)34(45)35(46)31(43)20-41)15-23(29)21-49-36(12-13-36)28-16-38-14-11-26(28)27-3-1-2-4-32(27)50-24-6-7-24/h1-4,8-9,11,14-16,22,24,30-31,34-35,41-43,45-46H,5-7,10,12-13,17-21H2,(H,39,44). The van der Waals surface area contributed by atoms with Gasteiger partial charge in [-0.2, -0.15) is 4.31 Å². The third-order valence-corrected chi connectivity index (χ3v) is 11.9. The van der Waals surface area contributed by atoms with Gasteiger partial charge in [0.15, 0.2) is 0 Å². The molecule has 1 saturated heterocycles. The first-order valence-corrected chi connectivity index (χ1v) is 19.0. The molecule has 2 aliphatic carbocycles. The molecule has 2 heterocycles. The highest BCUT2D eigenvalue weighted by atomic mass is 35.5. The summed E-state index contributed by atoms with van der Waals surface area (Å²) < 4.78 is 41.1. The Bertz CT molecular complexity index is 1800. The van der Waals surface area contributed by atoms with Crippen molar-refractivity contribution in [3.05, 3.63) is 77.1 Å². The number of rotatable bonds is 18. The Morgan fingerprint density at radius 1 is 1.02 bits per heavy atom. The van der Waals surface area contributed by atoms with Gasteiger partial charge in [0.25, 0.3) is 0 Å². The fraction of sp³-hybridized carbons (Fsp3) is 0.500. The van der Waals surface area contributed by atoms with Gasteiger partial charge in [-0.15, -0.1) is 0 Å². The summed E-state index contributed by atoms with van der Waals surface area (Å²) in [6, 6.07) is 14.5. The molecule has 0 spiro atoms. The lowest BCUT2D eigenvalue weighted by atomic mass is 9.96. The maximum atomic E-state index is 13.5. The number of nitrogens with one attached hydrogen (secondary N) is 1. The summed E-state index contributed by atoms with van der Waals surface area (Å²) in [7, 11) is -3.83. The Morgan fingerprint density at radius 2 is 1.75 bits per heavy atom. The van der Waals surface area contributed by atoms with Gasteiger partial charge in [-0.05, 0) is 79.5 Å². The van der Waals surface area contributed by atoms with Gasteiger partial charge in [-0.25, -0.2) is 8.42 Å². The van der Waals surface area contributed by atoms with E-state index in [1.807, 2.05) is 36.5 Å². The number of hydrogen-bond acceptors (Lipinski definition) is 11. The van der Waals surface area contributed by atoms with Gasteiger partial charge in [-0.3, -0.25) is 9.78 Å². The lowest BCUT2D eigenvalue weighted by molar-refractivity contribution is -0.126. The van der Waals surface area contributed by atoms with E-state index in [0.29, 0.717) is 17.0 Å². The number of hydrogen-bond donors (Lipinski definition) is 6. The molecule has 4 unspecified atom stereocenters. The van der Waals surface area contributed by atoms with Gasteiger partial charge in [0.1, 0.15) is 24.1 Å². The van der Waals surface area contributed by atoms with Crippen molar-refractivity contribution in [2.24, 2.45) is 5.92 Å². The van der Waals surface area contributed by atoms with Crippen molar-refractivity contribution in [3.8, 4) is 16.9 Å². The van der Waals surface area contributed by atoms with Crippen LogP contribution in [0.1, 0.15) is 49.7 Å². The van der Waals surface area contributed by atoms with E-state index >= 15 is 0 Å². The summed E-state index contributed by atoms with van der Waals surface area (Å²) in [5.41, 5.74) is 2.86. The molecule has 6 rings (SSSR count). The number of ether oxygens (including phenoxy) is 2. The number of para-hydroxylation sites is 1. The first kappa shape index (κ1) is 37.6. The van der Waals surface area contributed by atoms with Crippen LogP contribution in [0.15, 0.2) is 65.8 Å². The molecule has 15 heteroatoms. The summed E-state index contributed by atoms with van der Waals surface area (Å²) in [6.07, 6.45) is 1.17. The van der Waals surface area contributed by atoms with Crippen LogP contribution < -0.4 is 10.1 Å². The fourth-order valence-electron chi connectivity index (χ4n) is 6.17. The number of benzene rings is 2. The highest BCUT2D eigenvalue weighted by Crippen LogP contribution is 2.53. The summed E-state index contributed by atoms with van der Waals surface area (Å²) in [5.74, 6) is 0.344.